The molecule has 6 heteroatoms. The normalized spacial score (nSPS) is 13.0. The van der Waals surface area contributed by atoms with Crippen molar-refractivity contribution in [1.82, 2.24) is 0 Å². The topological polar surface area (TPSA) is 47.6 Å². The van der Waals surface area contributed by atoms with Crippen LogP contribution in [-0.4, -0.2) is 12.1 Å². The lowest BCUT2D eigenvalue weighted by Gasteiger charge is -2.06. The van der Waals surface area contributed by atoms with E-state index in [1.54, 1.807) is 0 Å². The number of hydrogen-bond acceptors (Lipinski definition) is 3. The fourth-order valence-corrected chi connectivity index (χ4v) is 0.330. The van der Waals surface area contributed by atoms with E-state index in [1.165, 1.54) is 6.92 Å². The monoisotopic (exact) mass is 168 g/mol. The molecule has 64 valence electrons. The van der Waals surface area contributed by atoms with Gasteiger partial charge in [0.05, 0.1) is 0 Å². The molecule has 0 spiro atoms. The van der Waals surface area contributed by atoms with Crippen LogP contribution in [0, 0.1) is 0 Å². The van der Waals surface area contributed by atoms with Gasteiger partial charge in [0.2, 0.25) is 0 Å². The predicted molar refractivity (Wildman–Crippen MR) is 33.6 cm³/mol. The first-order chi connectivity index (χ1) is 4.88. The molecule has 0 aromatic heterocycles. The van der Waals surface area contributed by atoms with Crippen LogP contribution in [0.25, 0.3) is 0 Å². The molecular formula is C5H7F3N2O. The van der Waals surface area contributed by atoms with Crippen molar-refractivity contribution in [2.45, 2.75) is 13.1 Å². The van der Waals surface area contributed by atoms with Crippen molar-refractivity contribution in [1.29, 1.82) is 0 Å². The Morgan fingerprint density at radius 3 is 2.09 bits per heavy atom. The molecule has 0 rings (SSSR count). The molecule has 0 saturated heterocycles. The van der Waals surface area contributed by atoms with Gasteiger partial charge in [-0.15, -0.1) is 0 Å². The van der Waals surface area contributed by atoms with Crippen molar-refractivity contribution in [3.63, 3.8) is 0 Å². The van der Waals surface area contributed by atoms with Crippen LogP contribution in [0.1, 0.15) is 6.92 Å². The first-order valence-corrected chi connectivity index (χ1v) is 2.56. The fourth-order valence-electron chi connectivity index (χ4n) is 0.330. The molecule has 0 bridgehead atoms. The molecule has 0 aliphatic rings. The minimum Gasteiger partial charge on any atom is -0.386 e. The van der Waals surface area contributed by atoms with Gasteiger partial charge in [-0.05, 0) is 6.92 Å². The maximum atomic E-state index is 11.7. The highest BCUT2D eigenvalue weighted by molar-refractivity contribution is 5.82. The van der Waals surface area contributed by atoms with Crippen LogP contribution in [0.5, 0.6) is 0 Å². The van der Waals surface area contributed by atoms with Crippen LogP contribution in [0.3, 0.4) is 0 Å². The lowest BCUT2D eigenvalue weighted by Crippen LogP contribution is -2.28. The summed E-state index contributed by atoms with van der Waals surface area (Å²) < 4.78 is 35.1. The van der Waals surface area contributed by atoms with Gasteiger partial charge in [-0.3, -0.25) is 0 Å². The molecule has 0 aliphatic carbocycles. The largest absolute Gasteiger partial charge is 0.470 e. The summed E-state index contributed by atoms with van der Waals surface area (Å²) in [5.74, 6) is 2.82. The van der Waals surface area contributed by atoms with E-state index < -0.39 is 12.1 Å². The van der Waals surface area contributed by atoms with Crippen LogP contribution in [-0.2, 0) is 4.84 Å². The van der Waals surface area contributed by atoms with E-state index in [9.17, 15) is 13.2 Å². The Morgan fingerprint density at radius 1 is 1.55 bits per heavy atom. The number of nitrogens with two attached hydrogens (primary N) is 1. The number of alkyl halides is 3. The molecule has 2 N–H and O–H groups in total. The summed E-state index contributed by atoms with van der Waals surface area (Å²) in [5.41, 5.74) is -0.0252. The summed E-state index contributed by atoms with van der Waals surface area (Å²) >= 11 is 0. The zero-order valence-corrected chi connectivity index (χ0v) is 5.77. The molecule has 11 heavy (non-hydrogen) atoms. The van der Waals surface area contributed by atoms with Gasteiger partial charge in [0.25, 0.3) is 0 Å². The van der Waals surface area contributed by atoms with Crippen LogP contribution >= 0.6 is 0 Å². The maximum Gasteiger partial charge on any atom is 0.470 e. The van der Waals surface area contributed by atoms with Gasteiger partial charge < -0.3 is 4.84 Å². The summed E-state index contributed by atoms with van der Waals surface area (Å²) in [7, 11) is 0. The molecule has 3 nitrogen and oxygen atoms in total. The van der Waals surface area contributed by atoms with Gasteiger partial charge in [-0.1, -0.05) is 6.58 Å². The van der Waals surface area contributed by atoms with Crippen LogP contribution in [0.15, 0.2) is 17.3 Å². The molecule has 0 aromatic rings. The highest BCUT2D eigenvalue weighted by atomic mass is 19.4. The second-order valence-corrected chi connectivity index (χ2v) is 1.77. The number of aliphatic imine (C=N–C) groups is 1. The van der Waals surface area contributed by atoms with Gasteiger partial charge in [-0.2, -0.15) is 19.1 Å². The third kappa shape index (κ3) is 3.61. The quantitative estimate of drug-likeness (QED) is 0.365. The van der Waals surface area contributed by atoms with E-state index in [-0.39, 0.29) is 5.70 Å². The van der Waals surface area contributed by atoms with E-state index >= 15 is 0 Å². The van der Waals surface area contributed by atoms with Crippen LogP contribution in [0.2, 0.25) is 0 Å². The van der Waals surface area contributed by atoms with Gasteiger partial charge in [0.1, 0.15) is 0 Å². The standard InChI is InChI=1S/C5H7F3N2O/c1-3(2)10-4(11-9)5(6,7)8/h1,9H2,2H3. The zero-order valence-electron chi connectivity index (χ0n) is 5.77. The number of nitrogens with zero attached hydrogens (tertiary/aromatic N) is 1. The second kappa shape index (κ2) is 3.38. The zero-order chi connectivity index (χ0) is 9.07. The summed E-state index contributed by atoms with van der Waals surface area (Å²) in [4.78, 5) is 6.41. The Morgan fingerprint density at radius 2 is 2.00 bits per heavy atom. The molecule has 0 radical (unpaired) electrons. The first-order valence-electron chi connectivity index (χ1n) is 2.56. The lowest BCUT2D eigenvalue weighted by molar-refractivity contribution is -0.0785. The Labute approximate surface area is 61.3 Å². The second-order valence-electron chi connectivity index (χ2n) is 1.77. The van der Waals surface area contributed by atoms with Crippen molar-refractivity contribution >= 4 is 5.90 Å². The Bertz CT molecular complexity index is 185. The van der Waals surface area contributed by atoms with Crippen LogP contribution in [0.4, 0.5) is 13.2 Å². The summed E-state index contributed by atoms with van der Waals surface area (Å²) in [6, 6.07) is 0. The van der Waals surface area contributed by atoms with Gasteiger partial charge >= 0.3 is 12.1 Å². The van der Waals surface area contributed by atoms with E-state index in [2.05, 4.69) is 22.3 Å². The predicted octanol–water partition coefficient (Wildman–Crippen LogP) is 1.37. The molecule has 0 saturated carbocycles. The smallest absolute Gasteiger partial charge is 0.386 e. The minimum atomic E-state index is -4.66. The molecule has 0 fully saturated rings. The first kappa shape index (κ1) is 9.96. The average molecular weight is 168 g/mol. The number of hydrogen-bond donors (Lipinski definition) is 1. The van der Waals surface area contributed by atoms with Crippen molar-refractivity contribution in [2.75, 3.05) is 0 Å². The van der Waals surface area contributed by atoms with Gasteiger partial charge in [0, 0.05) is 5.70 Å². The Kier molecular flexibility index (Phi) is 3.06. The summed E-state index contributed by atoms with van der Waals surface area (Å²) in [6.45, 7) is 4.43. The molecular weight excluding hydrogens is 161 g/mol. The fraction of sp³-hybridized carbons (Fsp3) is 0.400. The molecule has 0 aromatic carbocycles. The van der Waals surface area contributed by atoms with Crippen molar-refractivity contribution in [3.8, 4) is 0 Å². The third-order valence-corrected chi connectivity index (χ3v) is 0.647. The Balaban J connectivity index is 4.54. The van der Waals surface area contributed by atoms with E-state index in [4.69, 9.17) is 0 Å². The van der Waals surface area contributed by atoms with Crippen LogP contribution < -0.4 is 5.90 Å². The molecule has 0 heterocycles. The van der Waals surface area contributed by atoms with Crippen molar-refractivity contribution < 1.29 is 18.0 Å². The van der Waals surface area contributed by atoms with Crippen molar-refractivity contribution in [3.05, 3.63) is 12.3 Å². The average Bonchev–Trinajstić information content (AvgIpc) is 1.79. The van der Waals surface area contributed by atoms with Gasteiger partial charge in [0.15, 0.2) is 0 Å². The SMILES string of the molecule is C=C(C)N=C(ON)C(F)(F)F. The minimum absolute atomic E-state index is 0.0252. The Hall–Kier alpha value is -1.04. The number of halogens is 3. The molecule has 0 amide bonds. The van der Waals surface area contributed by atoms with Gasteiger partial charge in [-0.25, -0.2) is 4.99 Å². The lowest BCUT2D eigenvalue weighted by atomic mass is 10.5. The summed E-state index contributed by atoms with van der Waals surface area (Å²) in [6.07, 6.45) is -4.66. The molecule has 0 unspecified atom stereocenters. The third-order valence-electron chi connectivity index (χ3n) is 0.647. The van der Waals surface area contributed by atoms with E-state index in [1.807, 2.05) is 0 Å². The highest BCUT2D eigenvalue weighted by Crippen LogP contribution is 2.18. The molecule has 0 atom stereocenters. The van der Waals surface area contributed by atoms with E-state index in [0.717, 1.165) is 0 Å². The van der Waals surface area contributed by atoms with Crippen molar-refractivity contribution in [2.24, 2.45) is 10.9 Å². The maximum absolute atomic E-state index is 11.7. The highest BCUT2D eigenvalue weighted by Gasteiger charge is 2.38. The summed E-state index contributed by atoms with van der Waals surface area (Å²) in [5, 5.41) is 0. The molecule has 0 aliphatic heterocycles. The number of allylic oxidation sites excluding steroid dienone is 1. The number of rotatable bonds is 1. The van der Waals surface area contributed by atoms with E-state index in [0.29, 0.717) is 0 Å².